The number of guanidine groups is 1. The lowest BCUT2D eigenvalue weighted by Gasteiger charge is -2.39. The Morgan fingerprint density at radius 3 is 2.52 bits per heavy atom. The minimum absolute atomic E-state index is 0. The van der Waals surface area contributed by atoms with Crippen LogP contribution in [0.15, 0.2) is 17.6 Å². The maximum atomic E-state index is 12.1. The third-order valence-corrected chi connectivity index (χ3v) is 4.95. The molecule has 0 aromatic rings. The van der Waals surface area contributed by atoms with E-state index in [9.17, 15) is 14.4 Å². The lowest BCUT2D eigenvalue weighted by atomic mass is 9.79. The van der Waals surface area contributed by atoms with Gasteiger partial charge >= 0.3 is 6.03 Å². The fourth-order valence-corrected chi connectivity index (χ4v) is 3.23. The minimum Gasteiger partial charge on any atom is -0.353 e. The van der Waals surface area contributed by atoms with Gasteiger partial charge in [-0.15, -0.1) is 30.6 Å². The molecule has 0 radical (unpaired) electrons. The SMILES string of the molecule is C=CCNC(=NCC(=O)N(C)C)N1CCC(C2(C)NC(=O)NC2=O)CC1.I. The van der Waals surface area contributed by atoms with Crippen LogP contribution in [0.4, 0.5) is 4.79 Å². The smallest absolute Gasteiger partial charge is 0.322 e. The van der Waals surface area contributed by atoms with Crippen LogP contribution in [-0.4, -0.2) is 79.4 Å². The molecule has 10 heteroatoms. The number of imide groups is 1. The van der Waals surface area contributed by atoms with E-state index in [1.165, 1.54) is 4.90 Å². The van der Waals surface area contributed by atoms with Crippen molar-refractivity contribution in [1.82, 2.24) is 25.8 Å². The summed E-state index contributed by atoms with van der Waals surface area (Å²) >= 11 is 0. The molecule has 27 heavy (non-hydrogen) atoms. The first kappa shape index (κ1) is 23.2. The number of aliphatic imine (C=N–C) groups is 1. The number of hydrogen-bond donors (Lipinski definition) is 3. The van der Waals surface area contributed by atoms with Crippen molar-refractivity contribution in [2.45, 2.75) is 25.3 Å². The zero-order chi connectivity index (χ0) is 19.3. The highest BCUT2D eigenvalue weighted by Crippen LogP contribution is 2.30. The standard InChI is InChI=1S/C17H28N6O3.HI/c1-5-8-18-15(19-11-13(24)22(3)4)23-9-6-12(7-10-23)17(2)14(25)20-16(26)21-17;/h5,12H,1,6-11H2,2-4H3,(H,18,19)(H2,20,21,25,26);1H. The van der Waals surface area contributed by atoms with Gasteiger partial charge in [0.1, 0.15) is 12.1 Å². The van der Waals surface area contributed by atoms with E-state index < -0.39 is 11.6 Å². The number of rotatable bonds is 5. The Bertz CT molecular complexity index is 616. The number of carbonyl (C=O) groups excluding carboxylic acids is 3. The minimum atomic E-state index is -0.865. The van der Waals surface area contributed by atoms with E-state index in [1.54, 1.807) is 27.1 Å². The Morgan fingerprint density at radius 2 is 2.04 bits per heavy atom. The molecule has 4 amide bonds. The molecule has 9 nitrogen and oxygen atoms in total. The number of urea groups is 1. The van der Waals surface area contributed by atoms with Crippen molar-refractivity contribution in [3.05, 3.63) is 12.7 Å². The summed E-state index contributed by atoms with van der Waals surface area (Å²) in [6.07, 6.45) is 3.21. The molecule has 2 rings (SSSR count). The summed E-state index contributed by atoms with van der Waals surface area (Å²) in [6, 6.07) is -0.433. The molecule has 0 aromatic heterocycles. The molecule has 2 saturated heterocycles. The van der Waals surface area contributed by atoms with Gasteiger partial charge in [0.15, 0.2) is 5.96 Å². The second-order valence-electron chi connectivity index (χ2n) is 6.97. The third kappa shape index (κ3) is 5.56. The second kappa shape index (κ2) is 9.90. The van der Waals surface area contributed by atoms with Crippen molar-refractivity contribution in [2.75, 3.05) is 40.3 Å². The van der Waals surface area contributed by atoms with Gasteiger partial charge in [0.2, 0.25) is 5.91 Å². The van der Waals surface area contributed by atoms with Gasteiger partial charge in [0, 0.05) is 33.7 Å². The molecule has 0 saturated carbocycles. The Labute approximate surface area is 177 Å². The molecule has 0 aliphatic carbocycles. The van der Waals surface area contributed by atoms with Crippen LogP contribution in [0.5, 0.6) is 0 Å². The molecule has 0 spiro atoms. The van der Waals surface area contributed by atoms with Crippen molar-refractivity contribution in [3.63, 3.8) is 0 Å². The van der Waals surface area contributed by atoms with E-state index in [-0.39, 0.29) is 48.3 Å². The molecule has 152 valence electrons. The first-order valence-corrected chi connectivity index (χ1v) is 8.76. The topological polar surface area (TPSA) is 106 Å². The van der Waals surface area contributed by atoms with Crippen molar-refractivity contribution < 1.29 is 14.4 Å². The highest BCUT2D eigenvalue weighted by Gasteiger charge is 2.48. The van der Waals surface area contributed by atoms with Gasteiger partial charge in [-0.3, -0.25) is 14.9 Å². The zero-order valence-electron chi connectivity index (χ0n) is 16.1. The summed E-state index contributed by atoms with van der Waals surface area (Å²) in [4.78, 5) is 43.4. The van der Waals surface area contributed by atoms with Gasteiger partial charge in [0.25, 0.3) is 5.91 Å². The first-order chi connectivity index (χ1) is 12.3. The van der Waals surface area contributed by atoms with E-state index in [0.29, 0.717) is 25.6 Å². The Hall–Kier alpha value is -1.85. The average Bonchev–Trinajstić information content (AvgIpc) is 2.87. The Morgan fingerprint density at radius 1 is 1.41 bits per heavy atom. The Kier molecular flexibility index (Phi) is 8.51. The number of likely N-dealkylation sites (N-methyl/N-ethyl adjacent to an activating group) is 1. The van der Waals surface area contributed by atoms with E-state index in [1.807, 2.05) is 0 Å². The fourth-order valence-electron chi connectivity index (χ4n) is 3.23. The quantitative estimate of drug-likeness (QED) is 0.167. The number of nitrogens with zero attached hydrogens (tertiary/aromatic N) is 3. The molecule has 2 fully saturated rings. The summed E-state index contributed by atoms with van der Waals surface area (Å²) < 4.78 is 0. The number of nitrogens with one attached hydrogen (secondary N) is 3. The predicted octanol–water partition coefficient (Wildman–Crippen LogP) is 0.134. The zero-order valence-corrected chi connectivity index (χ0v) is 18.4. The van der Waals surface area contributed by atoms with E-state index in [2.05, 4.69) is 32.4 Å². The average molecular weight is 492 g/mol. The fraction of sp³-hybridized carbons (Fsp3) is 0.647. The highest BCUT2D eigenvalue weighted by atomic mass is 127. The monoisotopic (exact) mass is 492 g/mol. The van der Waals surface area contributed by atoms with Crippen molar-refractivity contribution in [1.29, 1.82) is 0 Å². The van der Waals surface area contributed by atoms with Crippen LogP contribution in [0.3, 0.4) is 0 Å². The van der Waals surface area contributed by atoms with Gasteiger partial charge in [-0.1, -0.05) is 6.08 Å². The van der Waals surface area contributed by atoms with Gasteiger partial charge in [-0.05, 0) is 25.7 Å². The molecule has 0 bridgehead atoms. The predicted molar refractivity (Wildman–Crippen MR) is 114 cm³/mol. The van der Waals surface area contributed by atoms with Crippen LogP contribution in [0.2, 0.25) is 0 Å². The second-order valence-corrected chi connectivity index (χ2v) is 6.97. The molecule has 1 atom stereocenters. The van der Waals surface area contributed by atoms with Crippen LogP contribution in [0.25, 0.3) is 0 Å². The molecule has 1 unspecified atom stereocenters. The number of carbonyl (C=O) groups is 3. The largest absolute Gasteiger partial charge is 0.353 e. The van der Waals surface area contributed by atoms with Crippen LogP contribution in [0.1, 0.15) is 19.8 Å². The molecule has 2 aliphatic heterocycles. The normalized spacial score (nSPS) is 23.2. The van der Waals surface area contributed by atoms with Gasteiger partial charge < -0.3 is 20.4 Å². The number of piperidine rings is 1. The van der Waals surface area contributed by atoms with Crippen molar-refractivity contribution >= 4 is 47.8 Å². The van der Waals surface area contributed by atoms with E-state index in [0.717, 1.165) is 12.8 Å². The van der Waals surface area contributed by atoms with E-state index in [4.69, 9.17) is 0 Å². The molecule has 2 heterocycles. The van der Waals surface area contributed by atoms with Crippen LogP contribution < -0.4 is 16.0 Å². The lowest BCUT2D eigenvalue weighted by molar-refractivity contribution is -0.127. The maximum Gasteiger partial charge on any atom is 0.322 e. The number of amides is 4. The van der Waals surface area contributed by atoms with Crippen LogP contribution in [0, 0.1) is 5.92 Å². The summed E-state index contributed by atoms with van der Waals surface area (Å²) in [5.74, 6) is 0.365. The maximum absolute atomic E-state index is 12.1. The lowest BCUT2D eigenvalue weighted by Crippen LogP contribution is -2.55. The highest BCUT2D eigenvalue weighted by molar-refractivity contribution is 14.0. The van der Waals surface area contributed by atoms with Crippen molar-refractivity contribution in [2.24, 2.45) is 10.9 Å². The summed E-state index contributed by atoms with van der Waals surface area (Å²) in [7, 11) is 3.39. The van der Waals surface area contributed by atoms with Crippen LogP contribution in [-0.2, 0) is 9.59 Å². The molecule has 3 N–H and O–H groups in total. The first-order valence-electron chi connectivity index (χ1n) is 8.76. The van der Waals surface area contributed by atoms with Gasteiger partial charge in [-0.25, -0.2) is 9.79 Å². The molecular weight excluding hydrogens is 463 g/mol. The molecular formula is C17H29IN6O3. The Balaban J connectivity index is 0.00000364. The van der Waals surface area contributed by atoms with Gasteiger partial charge in [-0.2, -0.15) is 0 Å². The van der Waals surface area contributed by atoms with Crippen molar-refractivity contribution in [3.8, 4) is 0 Å². The van der Waals surface area contributed by atoms with E-state index >= 15 is 0 Å². The summed E-state index contributed by atoms with van der Waals surface area (Å²) in [5, 5.41) is 8.25. The molecule has 0 aromatic carbocycles. The van der Waals surface area contributed by atoms with Crippen LogP contribution >= 0.6 is 24.0 Å². The molecule has 2 aliphatic rings. The number of hydrogen-bond acceptors (Lipinski definition) is 4. The van der Waals surface area contributed by atoms with Gasteiger partial charge in [0.05, 0.1) is 0 Å². The number of likely N-dealkylation sites (tertiary alicyclic amines) is 1. The summed E-state index contributed by atoms with van der Waals surface area (Å²) in [6.45, 7) is 7.45. The third-order valence-electron chi connectivity index (χ3n) is 4.95. The number of halogens is 1. The summed E-state index contributed by atoms with van der Waals surface area (Å²) in [5.41, 5.74) is -0.865.